The van der Waals surface area contributed by atoms with E-state index in [1.807, 2.05) is 27.7 Å². The summed E-state index contributed by atoms with van der Waals surface area (Å²) in [5.41, 5.74) is 0.321. The number of carbonyl (C=O) groups excluding carboxylic acids is 2. The Morgan fingerprint density at radius 2 is 1.74 bits per heavy atom. The van der Waals surface area contributed by atoms with Crippen LogP contribution < -0.4 is 5.32 Å². The van der Waals surface area contributed by atoms with Crippen LogP contribution in [0.3, 0.4) is 0 Å². The van der Waals surface area contributed by atoms with Gasteiger partial charge in [-0.1, -0.05) is 53.9 Å². The zero-order valence-corrected chi connectivity index (χ0v) is 20.2. The zero-order valence-electron chi connectivity index (χ0n) is 17.9. The van der Waals surface area contributed by atoms with Crippen LogP contribution in [-0.4, -0.2) is 28.3 Å². The summed E-state index contributed by atoms with van der Waals surface area (Å²) in [7, 11) is 0. The molecule has 0 unspecified atom stereocenters. The SMILES string of the molecule is CC[C@@H](C(=O)NC(C)(C)C)N(Cc1ccc(Cl)c(Cl)c1)C(=O)Cc1c(F)cccc1Cl. The third kappa shape index (κ3) is 7.09. The maximum atomic E-state index is 14.3. The van der Waals surface area contributed by atoms with Crippen LogP contribution in [0.15, 0.2) is 36.4 Å². The third-order valence-electron chi connectivity index (χ3n) is 4.61. The first-order chi connectivity index (χ1) is 14.4. The second-order valence-corrected chi connectivity index (χ2v) is 9.53. The number of benzene rings is 2. The van der Waals surface area contributed by atoms with Gasteiger partial charge < -0.3 is 10.2 Å². The number of nitrogens with zero attached hydrogens (tertiary/aromatic N) is 1. The lowest BCUT2D eigenvalue weighted by atomic mass is 10.0. The molecule has 2 rings (SSSR count). The van der Waals surface area contributed by atoms with Gasteiger partial charge in [-0.2, -0.15) is 0 Å². The molecular formula is C23H26Cl3FN2O2. The fourth-order valence-corrected chi connectivity index (χ4v) is 3.71. The van der Waals surface area contributed by atoms with E-state index in [1.165, 1.54) is 23.1 Å². The van der Waals surface area contributed by atoms with E-state index in [2.05, 4.69) is 5.32 Å². The molecule has 0 bridgehead atoms. The van der Waals surface area contributed by atoms with Gasteiger partial charge in [0.25, 0.3) is 0 Å². The molecule has 1 atom stereocenters. The number of hydrogen-bond donors (Lipinski definition) is 1. The van der Waals surface area contributed by atoms with Gasteiger partial charge in [0.2, 0.25) is 11.8 Å². The van der Waals surface area contributed by atoms with Gasteiger partial charge in [0.1, 0.15) is 11.9 Å². The van der Waals surface area contributed by atoms with Gasteiger partial charge >= 0.3 is 0 Å². The molecule has 0 heterocycles. The Morgan fingerprint density at radius 3 is 2.29 bits per heavy atom. The Labute approximate surface area is 197 Å². The molecule has 0 radical (unpaired) electrons. The summed E-state index contributed by atoms with van der Waals surface area (Å²) >= 11 is 18.2. The second kappa shape index (κ2) is 10.7. The maximum Gasteiger partial charge on any atom is 0.243 e. The van der Waals surface area contributed by atoms with Crippen molar-refractivity contribution in [2.24, 2.45) is 0 Å². The van der Waals surface area contributed by atoms with Crippen molar-refractivity contribution < 1.29 is 14.0 Å². The molecule has 2 amide bonds. The van der Waals surface area contributed by atoms with E-state index in [4.69, 9.17) is 34.8 Å². The molecule has 1 N–H and O–H groups in total. The van der Waals surface area contributed by atoms with Crippen LogP contribution in [0.1, 0.15) is 45.2 Å². The third-order valence-corrected chi connectivity index (χ3v) is 5.70. The molecule has 0 aliphatic rings. The van der Waals surface area contributed by atoms with Gasteiger partial charge in [-0.25, -0.2) is 4.39 Å². The van der Waals surface area contributed by atoms with E-state index in [9.17, 15) is 14.0 Å². The number of rotatable bonds is 7. The fraction of sp³-hybridized carbons (Fsp3) is 0.391. The number of carbonyl (C=O) groups is 2. The molecule has 8 heteroatoms. The van der Waals surface area contributed by atoms with Gasteiger partial charge in [0, 0.05) is 22.7 Å². The molecule has 4 nitrogen and oxygen atoms in total. The molecule has 0 aliphatic heterocycles. The zero-order chi connectivity index (χ0) is 23.3. The van der Waals surface area contributed by atoms with Crippen LogP contribution in [0, 0.1) is 5.82 Å². The van der Waals surface area contributed by atoms with E-state index in [0.717, 1.165) is 0 Å². The molecule has 2 aromatic rings. The molecular weight excluding hydrogens is 462 g/mol. The van der Waals surface area contributed by atoms with Crippen LogP contribution in [-0.2, 0) is 22.6 Å². The first-order valence-electron chi connectivity index (χ1n) is 9.91. The summed E-state index contributed by atoms with van der Waals surface area (Å²) in [5, 5.41) is 3.81. The van der Waals surface area contributed by atoms with E-state index >= 15 is 0 Å². The number of halogens is 4. The quantitative estimate of drug-likeness (QED) is 0.517. The normalized spacial score (nSPS) is 12.4. The minimum absolute atomic E-state index is 0.0967. The van der Waals surface area contributed by atoms with Crippen LogP contribution >= 0.6 is 34.8 Å². The number of nitrogens with one attached hydrogen (secondary N) is 1. The monoisotopic (exact) mass is 486 g/mol. The van der Waals surface area contributed by atoms with E-state index in [0.29, 0.717) is 22.0 Å². The molecule has 0 aliphatic carbocycles. The van der Waals surface area contributed by atoms with Gasteiger partial charge in [0.15, 0.2) is 0 Å². The summed E-state index contributed by atoms with van der Waals surface area (Å²) in [6, 6.07) is 8.51. The largest absolute Gasteiger partial charge is 0.350 e. The van der Waals surface area contributed by atoms with Gasteiger partial charge in [-0.15, -0.1) is 0 Å². The molecule has 0 saturated carbocycles. The Hall–Kier alpha value is -1.82. The summed E-state index contributed by atoms with van der Waals surface area (Å²) in [6.45, 7) is 7.52. The van der Waals surface area contributed by atoms with Crippen LogP contribution in [0.4, 0.5) is 4.39 Å². The lowest BCUT2D eigenvalue weighted by molar-refractivity contribution is -0.141. The smallest absolute Gasteiger partial charge is 0.243 e. The molecule has 0 saturated heterocycles. The highest BCUT2D eigenvalue weighted by molar-refractivity contribution is 6.42. The first-order valence-corrected chi connectivity index (χ1v) is 11.0. The predicted molar refractivity (Wildman–Crippen MR) is 124 cm³/mol. The highest BCUT2D eigenvalue weighted by Crippen LogP contribution is 2.25. The molecule has 168 valence electrons. The Kier molecular flexibility index (Phi) is 8.75. The highest BCUT2D eigenvalue weighted by Gasteiger charge is 2.31. The van der Waals surface area contributed by atoms with Crippen molar-refractivity contribution >= 4 is 46.6 Å². The fourth-order valence-electron chi connectivity index (χ4n) is 3.16. The summed E-state index contributed by atoms with van der Waals surface area (Å²) < 4.78 is 14.3. The van der Waals surface area contributed by atoms with E-state index in [-0.39, 0.29) is 29.5 Å². The Bertz CT molecular complexity index is 940. The average molecular weight is 488 g/mol. The lowest BCUT2D eigenvalue weighted by Gasteiger charge is -2.33. The molecule has 0 fully saturated rings. The van der Waals surface area contributed by atoms with E-state index in [1.54, 1.807) is 18.2 Å². The topological polar surface area (TPSA) is 49.4 Å². The summed E-state index contributed by atoms with van der Waals surface area (Å²) in [6.07, 6.45) is 0.103. The minimum Gasteiger partial charge on any atom is -0.350 e. The van der Waals surface area contributed by atoms with Gasteiger partial charge in [0.05, 0.1) is 16.5 Å². The van der Waals surface area contributed by atoms with Crippen molar-refractivity contribution in [3.8, 4) is 0 Å². The molecule has 31 heavy (non-hydrogen) atoms. The van der Waals surface area contributed by atoms with Gasteiger partial charge in [-0.3, -0.25) is 9.59 Å². The lowest BCUT2D eigenvalue weighted by Crippen LogP contribution is -2.53. The van der Waals surface area contributed by atoms with Crippen molar-refractivity contribution in [3.63, 3.8) is 0 Å². The van der Waals surface area contributed by atoms with Crippen molar-refractivity contribution in [2.45, 2.75) is 58.7 Å². The Morgan fingerprint density at radius 1 is 1.06 bits per heavy atom. The maximum absolute atomic E-state index is 14.3. The standard InChI is InChI=1S/C23H26Cl3FN2O2/c1-5-20(22(31)28-23(2,3)4)29(13-14-9-10-17(25)18(26)11-14)21(30)12-15-16(24)7-6-8-19(15)27/h6-11,20H,5,12-13H2,1-4H3,(H,28,31)/t20-/m0/s1. The highest BCUT2D eigenvalue weighted by atomic mass is 35.5. The van der Waals surface area contributed by atoms with Gasteiger partial charge in [-0.05, 0) is 57.0 Å². The predicted octanol–water partition coefficient (Wildman–Crippen LogP) is 6.05. The van der Waals surface area contributed by atoms with Crippen LogP contribution in [0.25, 0.3) is 0 Å². The Balaban J connectivity index is 2.40. The van der Waals surface area contributed by atoms with Crippen molar-refractivity contribution in [1.29, 1.82) is 0 Å². The van der Waals surface area contributed by atoms with Crippen molar-refractivity contribution in [1.82, 2.24) is 10.2 Å². The van der Waals surface area contributed by atoms with Crippen molar-refractivity contribution in [2.75, 3.05) is 0 Å². The molecule has 0 aromatic heterocycles. The van der Waals surface area contributed by atoms with E-state index < -0.39 is 23.3 Å². The number of hydrogen-bond acceptors (Lipinski definition) is 2. The average Bonchev–Trinajstić information content (AvgIpc) is 2.66. The molecule has 0 spiro atoms. The number of amides is 2. The van der Waals surface area contributed by atoms with Crippen LogP contribution in [0.2, 0.25) is 15.1 Å². The van der Waals surface area contributed by atoms with Crippen LogP contribution in [0.5, 0.6) is 0 Å². The van der Waals surface area contributed by atoms with Crippen molar-refractivity contribution in [3.05, 3.63) is 68.4 Å². The first kappa shape index (κ1) is 25.4. The summed E-state index contributed by atoms with van der Waals surface area (Å²) in [4.78, 5) is 27.7. The summed E-state index contributed by atoms with van der Waals surface area (Å²) in [5.74, 6) is -1.28. The molecule has 2 aromatic carbocycles. The second-order valence-electron chi connectivity index (χ2n) is 8.31. The minimum atomic E-state index is -0.758.